The largest absolute Gasteiger partial charge is 0.317 e. The van der Waals surface area contributed by atoms with Gasteiger partial charge in [0.15, 0.2) is 17.5 Å². The van der Waals surface area contributed by atoms with Crippen molar-refractivity contribution < 1.29 is 8.78 Å². The zero-order chi connectivity index (χ0) is 15.4. The molecule has 5 heteroatoms. The number of hydrogen-bond donors (Lipinski definition) is 1. The van der Waals surface area contributed by atoms with Gasteiger partial charge < -0.3 is 5.32 Å². The Morgan fingerprint density at radius 3 is 2.29 bits per heavy atom. The molecular weight excluding hydrogens is 272 g/mol. The first kappa shape index (κ1) is 15.5. The lowest BCUT2D eigenvalue weighted by Gasteiger charge is -2.11. The fraction of sp³-hybridized carbons (Fsp3) is 0.375. The van der Waals surface area contributed by atoms with Crippen molar-refractivity contribution in [3.05, 3.63) is 46.8 Å². The van der Waals surface area contributed by atoms with E-state index >= 15 is 0 Å². The van der Waals surface area contributed by atoms with Gasteiger partial charge in [0.05, 0.1) is 0 Å². The lowest BCUT2D eigenvalue weighted by Crippen LogP contribution is -2.17. The van der Waals surface area contributed by atoms with Gasteiger partial charge in [-0.3, -0.25) is 0 Å². The highest BCUT2D eigenvalue weighted by atomic mass is 19.2. The number of likely N-dealkylation sites (N-methyl/N-ethyl adjacent to an activating group) is 1. The van der Waals surface area contributed by atoms with E-state index < -0.39 is 11.6 Å². The Kier molecular flexibility index (Phi) is 4.96. The van der Waals surface area contributed by atoms with Crippen LogP contribution in [0, 0.1) is 25.5 Å². The van der Waals surface area contributed by atoms with Crippen molar-refractivity contribution in [3.8, 4) is 11.4 Å². The quantitative estimate of drug-likeness (QED) is 0.860. The first-order chi connectivity index (χ1) is 10.0. The molecule has 0 aliphatic rings. The van der Waals surface area contributed by atoms with Crippen molar-refractivity contribution >= 4 is 0 Å². The van der Waals surface area contributed by atoms with Crippen LogP contribution in [0.2, 0.25) is 0 Å². The van der Waals surface area contributed by atoms with Crippen LogP contribution in [0.4, 0.5) is 8.78 Å². The summed E-state index contributed by atoms with van der Waals surface area (Å²) in [6.07, 6.45) is 0.851. The van der Waals surface area contributed by atoms with E-state index in [-0.39, 0.29) is 0 Å². The van der Waals surface area contributed by atoms with E-state index in [1.165, 1.54) is 6.07 Å². The maximum atomic E-state index is 13.3. The molecule has 0 bridgehead atoms. The lowest BCUT2D eigenvalue weighted by atomic mass is 10.1. The van der Waals surface area contributed by atoms with E-state index in [0.717, 1.165) is 48.6 Å². The van der Waals surface area contributed by atoms with E-state index in [1.807, 2.05) is 13.8 Å². The maximum Gasteiger partial charge on any atom is 0.159 e. The SMILES string of the molecule is CCNCCc1c(C)nc(-c2ccc(F)c(F)c2)nc1C. The third-order valence-corrected chi connectivity index (χ3v) is 3.40. The Morgan fingerprint density at radius 1 is 1.05 bits per heavy atom. The molecule has 0 aliphatic heterocycles. The molecule has 0 saturated heterocycles. The van der Waals surface area contributed by atoms with E-state index in [2.05, 4.69) is 22.2 Å². The van der Waals surface area contributed by atoms with Crippen molar-refractivity contribution in [2.45, 2.75) is 27.2 Å². The van der Waals surface area contributed by atoms with Crippen molar-refractivity contribution in [2.75, 3.05) is 13.1 Å². The number of hydrogen-bond acceptors (Lipinski definition) is 3. The van der Waals surface area contributed by atoms with Gasteiger partial charge in [-0.2, -0.15) is 0 Å². The molecule has 0 atom stereocenters. The molecule has 1 N–H and O–H groups in total. The summed E-state index contributed by atoms with van der Waals surface area (Å²) in [5.41, 5.74) is 3.33. The third-order valence-electron chi connectivity index (χ3n) is 3.40. The zero-order valence-electron chi connectivity index (χ0n) is 12.5. The van der Waals surface area contributed by atoms with Gasteiger partial charge in [-0.15, -0.1) is 0 Å². The summed E-state index contributed by atoms with van der Waals surface area (Å²) in [7, 11) is 0. The molecule has 1 heterocycles. The maximum absolute atomic E-state index is 13.3. The normalized spacial score (nSPS) is 10.9. The molecular formula is C16H19F2N3. The number of aromatic nitrogens is 2. The fourth-order valence-electron chi connectivity index (χ4n) is 2.26. The molecule has 1 aromatic heterocycles. The number of aryl methyl sites for hydroxylation is 2. The van der Waals surface area contributed by atoms with E-state index in [1.54, 1.807) is 0 Å². The first-order valence-electron chi connectivity index (χ1n) is 7.03. The number of nitrogens with one attached hydrogen (secondary N) is 1. The van der Waals surface area contributed by atoms with Crippen molar-refractivity contribution in [3.63, 3.8) is 0 Å². The van der Waals surface area contributed by atoms with Crippen LogP contribution in [0.1, 0.15) is 23.9 Å². The molecule has 0 radical (unpaired) electrons. The Hall–Kier alpha value is -1.88. The lowest BCUT2D eigenvalue weighted by molar-refractivity contribution is 0.509. The Bertz CT molecular complexity index is 618. The predicted octanol–water partition coefficient (Wildman–Crippen LogP) is 3.19. The topological polar surface area (TPSA) is 37.8 Å². The standard InChI is InChI=1S/C16H19F2N3/c1-4-19-8-7-13-10(2)20-16(21-11(13)3)12-5-6-14(17)15(18)9-12/h5-6,9,19H,4,7-8H2,1-3H3. The number of halogens is 2. The van der Waals surface area contributed by atoms with Crippen LogP contribution in [0.5, 0.6) is 0 Å². The minimum absolute atomic E-state index is 0.427. The van der Waals surface area contributed by atoms with Crippen LogP contribution in [-0.2, 0) is 6.42 Å². The summed E-state index contributed by atoms with van der Waals surface area (Å²) in [6, 6.07) is 3.71. The number of nitrogens with zero attached hydrogens (tertiary/aromatic N) is 2. The average Bonchev–Trinajstić information content (AvgIpc) is 2.44. The van der Waals surface area contributed by atoms with Gasteiger partial charge in [-0.25, -0.2) is 18.7 Å². The predicted molar refractivity (Wildman–Crippen MR) is 79.1 cm³/mol. The van der Waals surface area contributed by atoms with Crippen LogP contribution < -0.4 is 5.32 Å². The molecule has 0 amide bonds. The Morgan fingerprint density at radius 2 is 1.71 bits per heavy atom. The van der Waals surface area contributed by atoms with Crippen LogP contribution in [0.15, 0.2) is 18.2 Å². The van der Waals surface area contributed by atoms with Gasteiger partial charge in [-0.05, 0) is 57.1 Å². The van der Waals surface area contributed by atoms with Crippen LogP contribution in [0.25, 0.3) is 11.4 Å². The van der Waals surface area contributed by atoms with Gasteiger partial charge in [0.1, 0.15) is 0 Å². The highest BCUT2D eigenvalue weighted by Gasteiger charge is 2.11. The summed E-state index contributed by atoms with van der Waals surface area (Å²) in [5.74, 6) is -1.33. The van der Waals surface area contributed by atoms with E-state index in [0.29, 0.717) is 11.4 Å². The molecule has 1 aromatic carbocycles. The smallest absolute Gasteiger partial charge is 0.159 e. The Balaban J connectivity index is 2.32. The van der Waals surface area contributed by atoms with Gasteiger partial charge >= 0.3 is 0 Å². The first-order valence-corrected chi connectivity index (χ1v) is 7.03. The van der Waals surface area contributed by atoms with Gasteiger partial charge in [0.2, 0.25) is 0 Å². The second-order valence-electron chi connectivity index (χ2n) is 4.93. The summed E-state index contributed by atoms with van der Waals surface area (Å²) < 4.78 is 26.3. The monoisotopic (exact) mass is 291 g/mol. The van der Waals surface area contributed by atoms with Crippen LogP contribution >= 0.6 is 0 Å². The van der Waals surface area contributed by atoms with Gasteiger partial charge in [-0.1, -0.05) is 6.92 Å². The minimum Gasteiger partial charge on any atom is -0.317 e. The number of rotatable bonds is 5. The summed E-state index contributed by atoms with van der Waals surface area (Å²) >= 11 is 0. The molecule has 0 saturated carbocycles. The molecule has 2 aromatic rings. The summed E-state index contributed by atoms with van der Waals surface area (Å²) in [5, 5.41) is 3.26. The number of benzene rings is 1. The van der Waals surface area contributed by atoms with Crippen molar-refractivity contribution in [1.29, 1.82) is 0 Å². The summed E-state index contributed by atoms with van der Waals surface area (Å²) in [4.78, 5) is 8.85. The summed E-state index contributed by atoms with van der Waals surface area (Å²) in [6.45, 7) is 7.68. The molecule has 21 heavy (non-hydrogen) atoms. The molecule has 2 rings (SSSR count). The highest BCUT2D eigenvalue weighted by Crippen LogP contribution is 2.21. The van der Waals surface area contributed by atoms with E-state index in [4.69, 9.17) is 0 Å². The molecule has 0 unspecified atom stereocenters. The van der Waals surface area contributed by atoms with E-state index in [9.17, 15) is 8.78 Å². The molecule has 112 valence electrons. The molecule has 0 spiro atoms. The van der Waals surface area contributed by atoms with Crippen molar-refractivity contribution in [1.82, 2.24) is 15.3 Å². The second kappa shape index (κ2) is 6.72. The fourth-order valence-corrected chi connectivity index (χ4v) is 2.26. The molecule has 0 aliphatic carbocycles. The van der Waals surface area contributed by atoms with Crippen LogP contribution in [0.3, 0.4) is 0 Å². The average molecular weight is 291 g/mol. The van der Waals surface area contributed by atoms with Crippen molar-refractivity contribution in [2.24, 2.45) is 0 Å². The van der Waals surface area contributed by atoms with Crippen LogP contribution in [-0.4, -0.2) is 23.1 Å². The minimum atomic E-state index is -0.886. The molecule has 3 nitrogen and oxygen atoms in total. The zero-order valence-corrected chi connectivity index (χ0v) is 12.5. The second-order valence-corrected chi connectivity index (χ2v) is 4.93. The highest BCUT2D eigenvalue weighted by molar-refractivity contribution is 5.55. The Labute approximate surface area is 123 Å². The van der Waals surface area contributed by atoms with Gasteiger partial charge in [0.25, 0.3) is 0 Å². The van der Waals surface area contributed by atoms with Gasteiger partial charge in [0, 0.05) is 17.0 Å². The molecule has 0 fully saturated rings. The third kappa shape index (κ3) is 3.61.